The first-order chi connectivity index (χ1) is 13.3. The maximum atomic E-state index is 13.8. The van der Waals surface area contributed by atoms with Gasteiger partial charge in [0.2, 0.25) is 11.8 Å². The van der Waals surface area contributed by atoms with Crippen LogP contribution in [-0.2, 0) is 6.54 Å². The Kier molecular flexibility index (Phi) is 6.23. The summed E-state index contributed by atoms with van der Waals surface area (Å²) in [5, 5.41) is 8.36. The first-order valence-corrected chi connectivity index (χ1v) is 9.44. The molecule has 146 valence electrons. The molecule has 0 radical (unpaired) electrons. The number of nitrogens with zero attached hydrogens (tertiary/aromatic N) is 3. The third-order valence-corrected chi connectivity index (χ3v) is 4.93. The van der Waals surface area contributed by atoms with Crippen molar-refractivity contribution in [1.82, 2.24) is 15.1 Å². The van der Waals surface area contributed by atoms with Gasteiger partial charge in [-0.05, 0) is 38.1 Å². The van der Waals surface area contributed by atoms with Crippen LogP contribution in [0.15, 0.2) is 40.8 Å². The molecule has 0 unspecified atom stereocenters. The monoisotopic (exact) mass is 441 g/mol. The molecular weight excluding hydrogens is 428 g/mol. The molecule has 0 bridgehead atoms. The summed E-state index contributed by atoms with van der Waals surface area (Å²) in [6.07, 6.45) is 0. The van der Waals surface area contributed by atoms with Crippen molar-refractivity contribution < 1.29 is 13.6 Å². The highest BCUT2D eigenvalue weighted by molar-refractivity contribution is 6.36. The van der Waals surface area contributed by atoms with Gasteiger partial charge >= 0.3 is 0 Å². The fourth-order valence-corrected chi connectivity index (χ4v) is 3.22. The van der Waals surface area contributed by atoms with E-state index in [1.807, 2.05) is 13.8 Å². The second-order valence-electron chi connectivity index (χ2n) is 6.25. The first-order valence-electron chi connectivity index (χ1n) is 8.30. The van der Waals surface area contributed by atoms with Gasteiger partial charge in [-0.2, -0.15) is 0 Å². The van der Waals surface area contributed by atoms with Gasteiger partial charge in [0.25, 0.3) is 5.91 Å². The summed E-state index contributed by atoms with van der Waals surface area (Å²) in [6, 6.07) is 9.03. The Morgan fingerprint density at radius 3 is 2.50 bits per heavy atom. The second kappa shape index (κ2) is 8.47. The molecule has 3 aromatic rings. The lowest BCUT2D eigenvalue weighted by Gasteiger charge is -2.25. The highest BCUT2D eigenvalue weighted by Gasteiger charge is 2.25. The molecule has 0 atom stereocenters. The van der Waals surface area contributed by atoms with Crippen LogP contribution in [0.3, 0.4) is 0 Å². The first kappa shape index (κ1) is 20.6. The zero-order chi connectivity index (χ0) is 20.4. The molecule has 1 heterocycles. The Bertz CT molecular complexity index is 1020. The number of amides is 1. The standard InChI is InChI=1S/C19H15Cl3FN3O2/c1-10(2)26(19(27)12-7-16(23)15(22)8-14(12)21)9-17-24-25-18(28-17)11-5-3-4-6-13(11)20/h3-8,10H,9H2,1-2H3. The van der Waals surface area contributed by atoms with Gasteiger partial charge < -0.3 is 9.32 Å². The predicted molar refractivity (Wildman–Crippen MR) is 106 cm³/mol. The highest BCUT2D eigenvalue weighted by atomic mass is 35.5. The zero-order valence-corrected chi connectivity index (χ0v) is 17.2. The van der Waals surface area contributed by atoms with Crippen LogP contribution in [0.25, 0.3) is 11.5 Å². The van der Waals surface area contributed by atoms with Gasteiger partial charge in [-0.15, -0.1) is 10.2 Å². The number of hydrogen-bond donors (Lipinski definition) is 0. The summed E-state index contributed by atoms with van der Waals surface area (Å²) >= 11 is 17.9. The van der Waals surface area contributed by atoms with Gasteiger partial charge in [0, 0.05) is 6.04 Å². The molecule has 0 aliphatic heterocycles. The quantitative estimate of drug-likeness (QED) is 0.462. The average Bonchev–Trinajstić information content (AvgIpc) is 3.11. The predicted octanol–water partition coefficient (Wildman–Crippen LogP) is 5.89. The number of aromatic nitrogens is 2. The molecule has 0 aliphatic rings. The van der Waals surface area contributed by atoms with Gasteiger partial charge in [-0.1, -0.05) is 46.9 Å². The maximum Gasteiger partial charge on any atom is 0.256 e. The molecule has 1 amide bonds. The smallest absolute Gasteiger partial charge is 0.256 e. The molecular formula is C19H15Cl3FN3O2. The lowest BCUT2D eigenvalue weighted by Crippen LogP contribution is -2.36. The number of halogens is 4. The summed E-state index contributed by atoms with van der Waals surface area (Å²) in [4.78, 5) is 14.4. The van der Waals surface area contributed by atoms with Gasteiger partial charge in [-0.25, -0.2) is 4.39 Å². The average molecular weight is 443 g/mol. The van der Waals surface area contributed by atoms with E-state index in [2.05, 4.69) is 10.2 Å². The molecule has 9 heteroatoms. The fourth-order valence-electron chi connectivity index (χ4n) is 2.54. The van der Waals surface area contributed by atoms with E-state index >= 15 is 0 Å². The Balaban J connectivity index is 1.88. The minimum Gasteiger partial charge on any atom is -0.419 e. The van der Waals surface area contributed by atoms with Crippen LogP contribution in [0.1, 0.15) is 30.1 Å². The third kappa shape index (κ3) is 4.29. The normalized spacial score (nSPS) is 11.1. The van der Waals surface area contributed by atoms with Crippen molar-refractivity contribution in [3.8, 4) is 11.5 Å². The van der Waals surface area contributed by atoms with Crippen molar-refractivity contribution in [2.24, 2.45) is 0 Å². The molecule has 0 spiro atoms. The molecule has 0 N–H and O–H groups in total. The van der Waals surface area contributed by atoms with Crippen LogP contribution < -0.4 is 0 Å². The van der Waals surface area contributed by atoms with Crippen LogP contribution in [-0.4, -0.2) is 27.0 Å². The summed E-state index contributed by atoms with van der Waals surface area (Å²) in [5.41, 5.74) is 0.594. The molecule has 28 heavy (non-hydrogen) atoms. The van der Waals surface area contributed by atoms with Crippen LogP contribution in [0.2, 0.25) is 15.1 Å². The Morgan fingerprint density at radius 2 is 1.82 bits per heavy atom. The summed E-state index contributed by atoms with van der Waals surface area (Å²) < 4.78 is 19.5. The van der Waals surface area contributed by atoms with E-state index in [1.165, 1.54) is 11.0 Å². The second-order valence-corrected chi connectivity index (χ2v) is 7.48. The molecule has 1 aromatic heterocycles. The molecule has 3 rings (SSSR count). The van der Waals surface area contributed by atoms with Crippen LogP contribution in [0.5, 0.6) is 0 Å². The van der Waals surface area contributed by atoms with Gasteiger partial charge in [-0.3, -0.25) is 4.79 Å². The van der Waals surface area contributed by atoms with Crippen molar-refractivity contribution in [1.29, 1.82) is 0 Å². The topological polar surface area (TPSA) is 59.2 Å². The Hall–Kier alpha value is -2.15. The summed E-state index contributed by atoms with van der Waals surface area (Å²) in [5.74, 6) is -0.750. The zero-order valence-electron chi connectivity index (χ0n) is 14.9. The van der Waals surface area contributed by atoms with Crippen molar-refractivity contribution >= 4 is 40.7 Å². The SMILES string of the molecule is CC(C)N(Cc1nnc(-c2ccccc2Cl)o1)C(=O)c1cc(F)c(Cl)cc1Cl. The van der Waals surface area contributed by atoms with Crippen molar-refractivity contribution in [2.75, 3.05) is 0 Å². The van der Waals surface area contributed by atoms with E-state index in [-0.39, 0.29) is 40.0 Å². The van der Waals surface area contributed by atoms with Crippen molar-refractivity contribution in [2.45, 2.75) is 26.4 Å². The van der Waals surface area contributed by atoms with Gasteiger partial charge in [0.05, 0.1) is 32.7 Å². The molecule has 2 aromatic carbocycles. The fraction of sp³-hybridized carbons (Fsp3) is 0.211. The molecule has 0 saturated heterocycles. The number of benzene rings is 2. The van der Waals surface area contributed by atoms with Crippen LogP contribution in [0.4, 0.5) is 4.39 Å². The number of hydrogen-bond acceptors (Lipinski definition) is 4. The highest BCUT2D eigenvalue weighted by Crippen LogP contribution is 2.28. The van der Waals surface area contributed by atoms with E-state index < -0.39 is 11.7 Å². The third-order valence-electron chi connectivity index (χ3n) is 4.00. The van der Waals surface area contributed by atoms with E-state index in [0.29, 0.717) is 10.6 Å². The van der Waals surface area contributed by atoms with Gasteiger partial charge in [0.1, 0.15) is 5.82 Å². The van der Waals surface area contributed by atoms with Crippen LogP contribution >= 0.6 is 34.8 Å². The molecule has 0 fully saturated rings. The van der Waals surface area contributed by atoms with E-state index in [1.54, 1.807) is 24.3 Å². The summed E-state index contributed by atoms with van der Waals surface area (Å²) in [7, 11) is 0. The lowest BCUT2D eigenvalue weighted by atomic mass is 10.1. The van der Waals surface area contributed by atoms with Crippen molar-refractivity contribution in [3.05, 3.63) is 68.7 Å². The maximum absolute atomic E-state index is 13.8. The number of rotatable bonds is 5. The number of carbonyl (C=O) groups excluding carboxylic acids is 1. The van der Waals surface area contributed by atoms with Crippen LogP contribution in [0, 0.1) is 5.82 Å². The van der Waals surface area contributed by atoms with Crippen molar-refractivity contribution in [3.63, 3.8) is 0 Å². The molecule has 5 nitrogen and oxygen atoms in total. The van der Waals surface area contributed by atoms with E-state index in [0.717, 1.165) is 6.07 Å². The molecule has 0 aliphatic carbocycles. The largest absolute Gasteiger partial charge is 0.419 e. The van der Waals surface area contributed by atoms with E-state index in [4.69, 9.17) is 39.2 Å². The lowest BCUT2D eigenvalue weighted by molar-refractivity contribution is 0.0672. The van der Waals surface area contributed by atoms with Gasteiger partial charge in [0.15, 0.2) is 0 Å². The number of carbonyl (C=O) groups is 1. The van der Waals surface area contributed by atoms with E-state index in [9.17, 15) is 9.18 Å². The Labute approximate surface area is 176 Å². The Morgan fingerprint density at radius 1 is 1.11 bits per heavy atom. The molecule has 0 saturated carbocycles. The summed E-state index contributed by atoms with van der Waals surface area (Å²) in [6.45, 7) is 3.64. The minimum atomic E-state index is -0.725. The minimum absolute atomic E-state index is 0.00288.